The number of methoxy groups -OCH3 is 1. The van der Waals surface area contributed by atoms with Crippen LogP contribution < -0.4 is 0 Å². The fourth-order valence-electron chi connectivity index (χ4n) is 4.95. The number of carbonyl (C=O) groups excluding carboxylic acids is 1. The van der Waals surface area contributed by atoms with Crippen molar-refractivity contribution in [2.45, 2.75) is 39.5 Å². The third kappa shape index (κ3) is 3.89. The number of H-pyrrole nitrogens is 1. The molecule has 0 unspecified atom stereocenters. The minimum absolute atomic E-state index is 0.288. The van der Waals surface area contributed by atoms with Crippen molar-refractivity contribution in [2.24, 2.45) is 0 Å². The first-order valence-electron chi connectivity index (χ1n) is 11.8. The van der Waals surface area contributed by atoms with Crippen LogP contribution in [0.15, 0.2) is 42.5 Å². The van der Waals surface area contributed by atoms with Gasteiger partial charge in [-0.25, -0.2) is 14.8 Å². The van der Waals surface area contributed by atoms with Crippen molar-refractivity contribution in [3.63, 3.8) is 0 Å². The Morgan fingerprint density at radius 3 is 2.69 bits per heavy atom. The quantitative estimate of drug-likeness (QED) is 0.255. The Bertz CT molecular complexity index is 1640. The molecule has 0 amide bonds. The lowest BCUT2D eigenvalue weighted by molar-refractivity contribution is 0.0606. The summed E-state index contributed by atoms with van der Waals surface area (Å²) < 4.78 is 6.09. The number of benzene rings is 1. The third-order valence-electron chi connectivity index (χ3n) is 6.58. The number of hydrogen-bond donors (Lipinski definition) is 1. The van der Waals surface area contributed by atoms with Gasteiger partial charge in [-0.3, -0.25) is 0 Å². The maximum atomic E-state index is 12.2. The fraction of sp³-hybridized carbons (Fsp3) is 0.250. The van der Waals surface area contributed by atoms with E-state index in [4.69, 9.17) is 9.72 Å². The molecule has 7 heteroatoms. The molecule has 1 aliphatic rings. The molecule has 176 valence electrons. The summed E-state index contributed by atoms with van der Waals surface area (Å²) in [5.41, 5.74) is 8.77. The Morgan fingerprint density at radius 2 is 1.94 bits per heavy atom. The van der Waals surface area contributed by atoms with Gasteiger partial charge in [0.05, 0.1) is 49.8 Å². The Balaban J connectivity index is 1.47. The van der Waals surface area contributed by atoms with Crippen LogP contribution in [-0.2, 0) is 4.74 Å². The van der Waals surface area contributed by atoms with Crippen LogP contribution in [0.2, 0.25) is 0 Å². The zero-order valence-electron chi connectivity index (χ0n) is 19.9. The number of hydrogen-bond acceptors (Lipinski definition) is 6. The number of aromatic nitrogens is 3. The van der Waals surface area contributed by atoms with Gasteiger partial charge in [0, 0.05) is 10.9 Å². The van der Waals surface area contributed by atoms with Crippen LogP contribution in [0.5, 0.6) is 0 Å². The second-order valence-electron chi connectivity index (χ2n) is 8.95. The summed E-state index contributed by atoms with van der Waals surface area (Å²) in [6.45, 7) is 4.07. The van der Waals surface area contributed by atoms with Gasteiger partial charge < -0.3 is 9.72 Å². The van der Waals surface area contributed by atoms with Crippen LogP contribution in [-0.4, -0.2) is 28.0 Å². The third-order valence-corrected chi connectivity index (χ3v) is 8.81. The fourth-order valence-corrected chi connectivity index (χ4v) is 6.95. The van der Waals surface area contributed by atoms with E-state index in [0.717, 1.165) is 66.5 Å². The number of allylic oxidation sites excluding steroid dienone is 2. The molecule has 0 fully saturated rings. The van der Waals surface area contributed by atoms with Gasteiger partial charge in [-0.05, 0) is 74.9 Å². The molecule has 4 aromatic heterocycles. The predicted molar refractivity (Wildman–Crippen MR) is 145 cm³/mol. The van der Waals surface area contributed by atoms with Gasteiger partial charge in [0.25, 0.3) is 0 Å². The van der Waals surface area contributed by atoms with Gasteiger partial charge in [0.15, 0.2) is 0 Å². The smallest absolute Gasteiger partial charge is 0.348 e. The molecule has 1 N–H and O–H groups in total. The Hall–Kier alpha value is -3.29. The molecule has 0 bridgehead atoms. The molecule has 0 spiro atoms. The molecule has 6 rings (SSSR count). The van der Waals surface area contributed by atoms with E-state index in [0.29, 0.717) is 4.88 Å². The molecule has 0 aliphatic heterocycles. The Labute approximate surface area is 211 Å². The molecule has 1 aliphatic carbocycles. The molecular weight excluding hydrogens is 474 g/mol. The van der Waals surface area contributed by atoms with Crippen LogP contribution in [0.25, 0.3) is 48.5 Å². The van der Waals surface area contributed by atoms with E-state index in [1.165, 1.54) is 42.4 Å². The first-order valence-corrected chi connectivity index (χ1v) is 13.4. The summed E-state index contributed by atoms with van der Waals surface area (Å²) in [6.07, 6.45) is 6.93. The maximum absolute atomic E-state index is 12.2. The predicted octanol–water partition coefficient (Wildman–Crippen LogP) is 7.93. The number of pyridine rings is 1. The molecule has 0 saturated heterocycles. The average molecular weight is 500 g/mol. The van der Waals surface area contributed by atoms with Crippen molar-refractivity contribution in [1.82, 2.24) is 15.0 Å². The van der Waals surface area contributed by atoms with Gasteiger partial charge in [-0.1, -0.05) is 18.2 Å². The van der Waals surface area contributed by atoms with E-state index in [-0.39, 0.29) is 5.97 Å². The average Bonchev–Trinajstić information content (AvgIpc) is 3.55. The summed E-state index contributed by atoms with van der Waals surface area (Å²) in [5.74, 6) is -0.288. The van der Waals surface area contributed by atoms with Gasteiger partial charge in [-0.15, -0.1) is 22.7 Å². The molecule has 0 saturated carbocycles. The van der Waals surface area contributed by atoms with E-state index < -0.39 is 0 Å². The van der Waals surface area contributed by atoms with Crippen molar-refractivity contribution < 1.29 is 9.53 Å². The van der Waals surface area contributed by atoms with E-state index in [1.807, 2.05) is 19.9 Å². The molecule has 1 aromatic carbocycles. The zero-order valence-corrected chi connectivity index (χ0v) is 21.5. The highest BCUT2D eigenvalue weighted by atomic mass is 32.1. The first-order chi connectivity index (χ1) is 17.0. The summed E-state index contributed by atoms with van der Waals surface area (Å²) in [5, 5.41) is 2.16. The first kappa shape index (κ1) is 22.2. The van der Waals surface area contributed by atoms with Crippen LogP contribution in [0, 0.1) is 13.8 Å². The maximum Gasteiger partial charge on any atom is 0.348 e. The van der Waals surface area contributed by atoms with Gasteiger partial charge in [-0.2, -0.15) is 0 Å². The lowest BCUT2D eigenvalue weighted by Gasteiger charge is -2.14. The van der Waals surface area contributed by atoms with Crippen LogP contribution in [0.4, 0.5) is 0 Å². The Morgan fingerprint density at radius 1 is 1.06 bits per heavy atom. The van der Waals surface area contributed by atoms with Crippen molar-refractivity contribution in [1.29, 1.82) is 0 Å². The summed E-state index contributed by atoms with van der Waals surface area (Å²) >= 11 is 3.19. The number of rotatable bonds is 4. The second kappa shape index (κ2) is 8.73. The highest BCUT2D eigenvalue weighted by Crippen LogP contribution is 2.43. The monoisotopic (exact) mass is 499 g/mol. The van der Waals surface area contributed by atoms with Crippen LogP contribution in [0.3, 0.4) is 0 Å². The lowest BCUT2D eigenvalue weighted by atomic mass is 9.92. The van der Waals surface area contributed by atoms with E-state index in [1.54, 1.807) is 11.3 Å². The van der Waals surface area contributed by atoms with Crippen molar-refractivity contribution in [2.75, 3.05) is 7.11 Å². The normalized spacial score (nSPS) is 14.0. The summed E-state index contributed by atoms with van der Waals surface area (Å²) in [6, 6.07) is 12.6. The van der Waals surface area contributed by atoms with E-state index >= 15 is 0 Å². The largest absolute Gasteiger partial charge is 0.465 e. The number of aromatic amines is 1. The number of esters is 1. The molecule has 5 nitrogen and oxygen atoms in total. The van der Waals surface area contributed by atoms with Gasteiger partial charge in [0.1, 0.15) is 4.88 Å². The number of carbonyl (C=O) groups is 1. The minimum atomic E-state index is -0.288. The van der Waals surface area contributed by atoms with Crippen LogP contribution >= 0.6 is 22.7 Å². The molecule has 5 aromatic rings. The molecule has 4 heterocycles. The Kier molecular flexibility index (Phi) is 5.54. The van der Waals surface area contributed by atoms with Crippen molar-refractivity contribution in [3.05, 3.63) is 63.6 Å². The number of thiophene rings is 1. The number of fused-ring (bicyclic) bond motifs is 2. The highest BCUT2D eigenvalue weighted by molar-refractivity contribution is 7.21. The number of thiazole rings is 1. The van der Waals surface area contributed by atoms with E-state index in [9.17, 15) is 4.79 Å². The summed E-state index contributed by atoms with van der Waals surface area (Å²) in [7, 11) is 1.43. The number of nitrogens with one attached hydrogen (secondary N) is 1. The molecular formula is C28H25N3O2S2. The van der Waals surface area contributed by atoms with Crippen LogP contribution in [0.1, 0.15) is 51.6 Å². The van der Waals surface area contributed by atoms with Crippen molar-refractivity contribution in [3.8, 4) is 21.8 Å². The highest BCUT2D eigenvalue weighted by Gasteiger charge is 2.22. The molecule has 0 atom stereocenters. The SMILES string of the molecule is COC(=O)c1cc2[nH]c(-c3ccc4nc(-c5sc(C)nc5C)ccc4c3)c(C3=CCCCC3)c2s1. The van der Waals surface area contributed by atoms with Gasteiger partial charge in [0.2, 0.25) is 0 Å². The van der Waals surface area contributed by atoms with Gasteiger partial charge >= 0.3 is 5.97 Å². The summed E-state index contributed by atoms with van der Waals surface area (Å²) in [4.78, 5) is 27.0. The number of ether oxygens (including phenoxy) is 1. The molecule has 35 heavy (non-hydrogen) atoms. The minimum Gasteiger partial charge on any atom is -0.465 e. The van der Waals surface area contributed by atoms with E-state index in [2.05, 4.69) is 46.4 Å². The second-order valence-corrected chi connectivity index (χ2v) is 11.2. The standard InChI is InChI=1S/C28H25N3O2S2/c1-15-26(34-16(2)29-15)21-12-9-18-13-19(10-11-20(18)30-21)25-24(17-7-5-4-6-8-17)27-22(31-25)14-23(35-27)28(32)33-3/h7,9-14,31H,4-6,8H2,1-3H3. The topological polar surface area (TPSA) is 67.9 Å². The lowest BCUT2D eigenvalue weighted by Crippen LogP contribution is -1.97. The molecule has 0 radical (unpaired) electrons. The zero-order chi connectivity index (χ0) is 24.1. The number of aryl methyl sites for hydroxylation is 2. The van der Waals surface area contributed by atoms with Crippen molar-refractivity contribution >= 4 is 55.3 Å². The number of nitrogens with zero attached hydrogens (tertiary/aromatic N) is 2.